The number of aryl methyl sites for hydroxylation is 1. The minimum atomic E-state index is -0.842. The number of nitrogens with one attached hydrogen (secondary N) is 1. The molecule has 1 heterocycles. The molecule has 1 saturated carbocycles. The van der Waals surface area contributed by atoms with Gasteiger partial charge in [0.25, 0.3) is 0 Å². The van der Waals surface area contributed by atoms with Gasteiger partial charge in [0, 0.05) is 24.9 Å². The van der Waals surface area contributed by atoms with Crippen LogP contribution in [0.2, 0.25) is 0 Å². The number of halogens is 2. The molecule has 1 aliphatic rings. The van der Waals surface area contributed by atoms with Gasteiger partial charge in [-0.2, -0.15) is 0 Å². The average molecular weight is 350 g/mol. The molecule has 1 amide bonds. The molecule has 2 aromatic rings. The summed E-state index contributed by atoms with van der Waals surface area (Å²) in [6, 6.07) is 3.03. The summed E-state index contributed by atoms with van der Waals surface area (Å²) in [5.74, 6) is -2.45. The SMILES string of the molecule is O=C(CCc1ncc(-c2ccc(F)cc2F)o1)NC1CC(C(=O)O)C1. The standard InChI is InChI=1S/C17H16F2N2O4/c18-10-1-2-12(13(19)7-10)14-8-20-16(25-14)4-3-15(22)21-11-5-9(6-11)17(23)24/h1-2,7-9,11H,3-6H2,(H,21,22)(H,23,24). The molecule has 1 aliphatic carbocycles. The van der Waals surface area contributed by atoms with E-state index in [9.17, 15) is 18.4 Å². The lowest BCUT2D eigenvalue weighted by Gasteiger charge is -2.32. The van der Waals surface area contributed by atoms with Crippen LogP contribution in [0.25, 0.3) is 11.3 Å². The van der Waals surface area contributed by atoms with Crippen molar-refractivity contribution in [3.63, 3.8) is 0 Å². The first-order valence-electron chi connectivity index (χ1n) is 7.84. The second-order valence-corrected chi connectivity index (χ2v) is 6.01. The third kappa shape index (κ3) is 4.01. The molecule has 0 atom stereocenters. The fraction of sp³-hybridized carbons (Fsp3) is 0.353. The molecule has 6 nitrogen and oxygen atoms in total. The molecule has 25 heavy (non-hydrogen) atoms. The zero-order valence-electron chi connectivity index (χ0n) is 13.2. The maximum Gasteiger partial charge on any atom is 0.306 e. The Balaban J connectivity index is 1.50. The van der Waals surface area contributed by atoms with E-state index in [2.05, 4.69) is 10.3 Å². The number of aromatic nitrogens is 1. The fourth-order valence-corrected chi connectivity index (χ4v) is 2.70. The van der Waals surface area contributed by atoms with Crippen molar-refractivity contribution in [2.75, 3.05) is 0 Å². The predicted molar refractivity (Wildman–Crippen MR) is 82.5 cm³/mol. The molecule has 1 aromatic carbocycles. The number of carboxylic acid groups (broad SMARTS) is 1. The summed E-state index contributed by atoms with van der Waals surface area (Å²) in [5.41, 5.74) is 0.0961. The van der Waals surface area contributed by atoms with E-state index in [0.29, 0.717) is 12.8 Å². The van der Waals surface area contributed by atoms with E-state index in [1.54, 1.807) is 0 Å². The van der Waals surface area contributed by atoms with Gasteiger partial charge in [0.05, 0.1) is 17.7 Å². The van der Waals surface area contributed by atoms with E-state index in [1.165, 1.54) is 12.3 Å². The zero-order chi connectivity index (χ0) is 18.0. The molecule has 0 saturated heterocycles. The van der Waals surface area contributed by atoms with E-state index in [0.717, 1.165) is 12.1 Å². The number of carboxylic acids is 1. The van der Waals surface area contributed by atoms with Crippen LogP contribution < -0.4 is 5.32 Å². The molecular formula is C17H16F2N2O4. The van der Waals surface area contributed by atoms with E-state index >= 15 is 0 Å². The van der Waals surface area contributed by atoms with Crippen LogP contribution in [-0.2, 0) is 16.0 Å². The van der Waals surface area contributed by atoms with Crippen LogP contribution in [0.15, 0.2) is 28.8 Å². The Morgan fingerprint density at radius 2 is 2.08 bits per heavy atom. The Hall–Kier alpha value is -2.77. The van der Waals surface area contributed by atoms with E-state index in [4.69, 9.17) is 9.52 Å². The first kappa shape index (κ1) is 17.1. The van der Waals surface area contributed by atoms with Gasteiger partial charge in [0.15, 0.2) is 11.7 Å². The molecule has 0 aliphatic heterocycles. The number of carbonyl (C=O) groups is 2. The minimum Gasteiger partial charge on any atom is -0.481 e. The van der Waals surface area contributed by atoms with Gasteiger partial charge >= 0.3 is 5.97 Å². The first-order chi connectivity index (χ1) is 11.9. The van der Waals surface area contributed by atoms with Gasteiger partial charge in [-0.3, -0.25) is 9.59 Å². The quantitative estimate of drug-likeness (QED) is 0.835. The lowest BCUT2D eigenvalue weighted by Crippen LogP contribution is -2.46. The van der Waals surface area contributed by atoms with Crippen LogP contribution in [0, 0.1) is 17.6 Å². The summed E-state index contributed by atoms with van der Waals surface area (Å²) in [6.45, 7) is 0. The largest absolute Gasteiger partial charge is 0.481 e. The van der Waals surface area contributed by atoms with Gasteiger partial charge in [-0.05, 0) is 25.0 Å². The molecular weight excluding hydrogens is 334 g/mol. The molecule has 132 valence electrons. The highest BCUT2D eigenvalue weighted by Crippen LogP contribution is 2.27. The lowest BCUT2D eigenvalue weighted by molar-refractivity contribution is -0.146. The molecule has 1 fully saturated rings. The summed E-state index contributed by atoms with van der Waals surface area (Å²) in [7, 11) is 0. The van der Waals surface area contributed by atoms with Crippen molar-refractivity contribution >= 4 is 11.9 Å². The number of hydrogen-bond donors (Lipinski definition) is 2. The smallest absolute Gasteiger partial charge is 0.306 e. The van der Waals surface area contributed by atoms with Crippen LogP contribution in [-0.4, -0.2) is 28.0 Å². The van der Waals surface area contributed by atoms with Crippen LogP contribution in [0.4, 0.5) is 8.78 Å². The van der Waals surface area contributed by atoms with Gasteiger partial charge in [-0.25, -0.2) is 13.8 Å². The topological polar surface area (TPSA) is 92.4 Å². The maximum absolute atomic E-state index is 13.7. The molecule has 0 bridgehead atoms. The Labute approximate surface area is 141 Å². The number of aliphatic carboxylic acids is 1. The van der Waals surface area contributed by atoms with Gasteiger partial charge in [-0.1, -0.05) is 0 Å². The number of oxazole rings is 1. The first-order valence-corrected chi connectivity index (χ1v) is 7.84. The maximum atomic E-state index is 13.7. The summed E-state index contributed by atoms with van der Waals surface area (Å²) in [6.07, 6.45) is 2.55. The van der Waals surface area contributed by atoms with E-state index < -0.39 is 17.6 Å². The lowest BCUT2D eigenvalue weighted by atomic mass is 9.80. The van der Waals surface area contributed by atoms with Crippen LogP contribution >= 0.6 is 0 Å². The number of carbonyl (C=O) groups excluding carboxylic acids is 1. The summed E-state index contributed by atoms with van der Waals surface area (Å²) in [4.78, 5) is 26.5. The zero-order valence-corrected chi connectivity index (χ0v) is 13.2. The van der Waals surface area contributed by atoms with Crippen molar-refractivity contribution < 1.29 is 27.9 Å². The van der Waals surface area contributed by atoms with Crippen LogP contribution in [0.5, 0.6) is 0 Å². The number of nitrogens with zero attached hydrogens (tertiary/aromatic N) is 1. The minimum absolute atomic E-state index is 0.0961. The van der Waals surface area contributed by atoms with Crippen molar-refractivity contribution in [2.45, 2.75) is 31.7 Å². The highest BCUT2D eigenvalue weighted by Gasteiger charge is 2.35. The Morgan fingerprint density at radius 1 is 1.32 bits per heavy atom. The molecule has 0 radical (unpaired) electrons. The molecule has 2 N–H and O–H groups in total. The summed E-state index contributed by atoms with van der Waals surface area (Å²) < 4.78 is 32.0. The van der Waals surface area contributed by atoms with E-state index in [1.807, 2.05) is 0 Å². The third-order valence-electron chi connectivity index (χ3n) is 4.17. The second kappa shape index (κ2) is 7.00. The normalized spacial score (nSPS) is 19.3. The van der Waals surface area contributed by atoms with Crippen molar-refractivity contribution in [3.05, 3.63) is 41.9 Å². The third-order valence-corrected chi connectivity index (χ3v) is 4.17. The number of hydrogen-bond acceptors (Lipinski definition) is 4. The predicted octanol–water partition coefficient (Wildman–Crippen LogP) is 2.53. The van der Waals surface area contributed by atoms with Gasteiger partial charge in [-0.15, -0.1) is 0 Å². The number of rotatable bonds is 6. The van der Waals surface area contributed by atoms with Crippen molar-refractivity contribution in [3.8, 4) is 11.3 Å². The van der Waals surface area contributed by atoms with Crippen molar-refractivity contribution in [1.29, 1.82) is 0 Å². The highest BCUT2D eigenvalue weighted by atomic mass is 19.1. The highest BCUT2D eigenvalue weighted by molar-refractivity contribution is 5.77. The Kier molecular flexibility index (Phi) is 4.78. The monoisotopic (exact) mass is 350 g/mol. The molecule has 0 spiro atoms. The van der Waals surface area contributed by atoms with Gasteiger partial charge in [0.2, 0.25) is 5.91 Å². The number of benzene rings is 1. The Bertz CT molecular complexity index is 800. The van der Waals surface area contributed by atoms with Crippen LogP contribution in [0.1, 0.15) is 25.2 Å². The molecule has 0 unspecified atom stereocenters. The number of amides is 1. The average Bonchev–Trinajstić information content (AvgIpc) is 2.96. The van der Waals surface area contributed by atoms with Gasteiger partial charge < -0.3 is 14.8 Å². The molecule has 3 rings (SSSR count). The Morgan fingerprint density at radius 3 is 2.76 bits per heavy atom. The fourth-order valence-electron chi connectivity index (χ4n) is 2.70. The van der Waals surface area contributed by atoms with E-state index in [-0.39, 0.29) is 47.9 Å². The molecule has 1 aromatic heterocycles. The van der Waals surface area contributed by atoms with Crippen molar-refractivity contribution in [2.24, 2.45) is 5.92 Å². The summed E-state index contributed by atoms with van der Waals surface area (Å²) in [5, 5.41) is 11.5. The van der Waals surface area contributed by atoms with Crippen LogP contribution in [0.3, 0.4) is 0 Å². The van der Waals surface area contributed by atoms with Gasteiger partial charge in [0.1, 0.15) is 11.6 Å². The van der Waals surface area contributed by atoms with Crippen molar-refractivity contribution in [1.82, 2.24) is 10.3 Å². The molecule has 8 heteroatoms. The summed E-state index contributed by atoms with van der Waals surface area (Å²) >= 11 is 0. The second-order valence-electron chi connectivity index (χ2n) is 6.01.